The second-order valence-electron chi connectivity index (χ2n) is 5.21. The number of anilines is 2. The van der Waals surface area contributed by atoms with Crippen LogP contribution in [0.1, 0.15) is 18.4 Å². The predicted octanol–water partition coefficient (Wildman–Crippen LogP) is 3.18. The van der Waals surface area contributed by atoms with Gasteiger partial charge < -0.3 is 4.90 Å². The Morgan fingerprint density at radius 1 is 1.17 bits per heavy atom. The Labute approximate surface area is 135 Å². The molecule has 0 saturated carbocycles. The highest BCUT2D eigenvalue weighted by Gasteiger charge is 2.31. The third-order valence-corrected chi connectivity index (χ3v) is 4.02. The highest BCUT2D eigenvalue weighted by Crippen LogP contribution is 2.31. The van der Waals surface area contributed by atoms with Crippen LogP contribution in [0.5, 0.6) is 0 Å². The Morgan fingerprint density at radius 3 is 2.70 bits per heavy atom. The number of aromatic nitrogens is 2. The molecule has 0 bridgehead atoms. The monoisotopic (exact) mass is 339 g/mol. The summed E-state index contributed by atoms with van der Waals surface area (Å²) >= 11 is 6.21. The number of rotatable bonds is 2. The molecule has 0 unspecified atom stereocenters. The molecule has 0 saturated heterocycles. The van der Waals surface area contributed by atoms with E-state index in [9.17, 15) is 13.2 Å². The van der Waals surface area contributed by atoms with Crippen LogP contribution in [0.15, 0.2) is 30.5 Å². The van der Waals surface area contributed by atoms with E-state index in [0.717, 1.165) is 36.4 Å². The van der Waals surface area contributed by atoms with Crippen molar-refractivity contribution in [2.75, 3.05) is 11.9 Å². The third kappa shape index (κ3) is 3.17. The first-order valence-electron chi connectivity index (χ1n) is 6.99. The molecule has 3 nitrogen and oxygen atoms in total. The molecular weight excluding hydrogens is 327 g/mol. The zero-order valence-corrected chi connectivity index (χ0v) is 13.0. The Morgan fingerprint density at radius 2 is 1.96 bits per heavy atom. The molecule has 23 heavy (non-hydrogen) atoms. The molecule has 2 heterocycles. The van der Waals surface area contributed by atoms with Gasteiger partial charge in [-0.15, -0.1) is 0 Å². The van der Waals surface area contributed by atoms with Crippen LogP contribution < -0.4 is 15.5 Å². The molecule has 0 aliphatic heterocycles. The van der Waals surface area contributed by atoms with Gasteiger partial charge in [-0.1, -0.05) is 17.7 Å². The second-order valence-corrected chi connectivity index (χ2v) is 5.67. The van der Waals surface area contributed by atoms with Gasteiger partial charge >= 0.3 is 6.18 Å². The molecule has 120 valence electrons. The van der Waals surface area contributed by atoms with Crippen molar-refractivity contribution in [3.63, 3.8) is 0 Å². The maximum absolute atomic E-state index is 12.8. The van der Waals surface area contributed by atoms with E-state index in [2.05, 4.69) is 9.97 Å². The zero-order chi connectivity index (χ0) is 16.6. The van der Waals surface area contributed by atoms with Crippen LogP contribution in [0.4, 0.5) is 24.8 Å². The Balaban J connectivity index is 2.04. The van der Waals surface area contributed by atoms with Crippen LogP contribution >= 0.6 is 11.6 Å². The minimum Gasteiger partial charge on any atom is -0.314 e. The van der Waals surface area contributed by atoms with Crippen LogP contribution in [0.2, 0.25) is 0 Å². The topological polar surface area (TPSA) is 29.0 Å². The number of hydrogen-bond donors (Lipinski definition) is 0. The number of hydrogen-bond acceptors (Lipinski definition) is 3. The SMILES string of the molecule is CN(c1cc(C(F)(F)F)ccn1)c1ccc2c(n1)=C(Cl)CCC=2. The van der Waals surface area contributed by atoms with E-state index in [-0.39, 0.29) is 5.82 Å². The quantitative estimate of drug-likeness (QED) is 0.841. The van der Waals surface area contributed by atoms with E-state index in [4.69, 9.17) is 11.6 Å². The van der Waals surface area contributed by atoms with Crippen LogP contribution in [0, 0.1) is 0 Å². The molecule has 0 radical (unpaired) electrons. The lowest BCUT2D eigenvalue weighted by molar-refractivity contribution is -0.137. The van der Waals surface area contributed by atoms with Crippen LogP contribution in [0.25, 0.3) is 11.1 Å². The molecule has 1 aliphatic carbocycles. The molecule has 0 aromatic carbocycles. The van der Waals surface area contributed by atoms with E-state index in [1.165, 1.54) is 4.90 Å². The van der Waals surface area contributed by atoms with Gasteiger partial charge in [0.1, 0.15) is 11.6 Å². The molecule has 0 atom stereocenters. The molecule has 0 spiro atoms. The van der Waals surface area contributed by atoms with Crippen molar-refractivity contribution < 1.29 is 13.2 Å². The molecular formula is C16H13ClF3N3. The second kappa shape index (κ2) is 5.85. The normalized spacial score (nSPS) is 14.2. The van der Waals surface area contributed by atoms with Gasteiger partial charge in [0.15, 0.2) is 0 Å². The number of halogens is 4. The number of nitrogens with zero attached hydrogens (tertiary/aromatic N) is 3. The van der Waals surface area contributed by atoms with E-state index in [1.807, 2.05) is 12.1 Å². The first-order valence-corrected chi connectivity index (χ1v) is 7.37. The standard InChI is InChI=1S/C16H13ClF3N3/c1-23(14-9-11(7-8-21-14)16(18,19)20)13-6-5-10-3-2-4-12(17)15(10)22-13/h3,5-9H,2,4H2,1H3. The van der Waals surface area contributed by atoms with E-state index >= 15 is 0 Å². The largest absolute Gasteiger partial charge is 0.416 e. The van der Waals surface area contributed by atoms with Crippen LogP contribution in [-0.2, 0) is 6.18 Å². The Bertz CT molecular complexity index is 862. The van der Waals surface area contributed by atoms with Gasteiger partial charge in [-0.05, 0) is 42.3 Å². The summed E-state index contributed by atoms with van der Waals surface area (Å²) in [5, 5.41) is 2.28. The Kier molecular flexibility index (Phi) is 4.02. The molecule has 2 aromatic rings. The summed E-state index contributed by atoms with van der Waals surface area (Å²) < 4.78 is 38.5. The zero-order valence-electron chi connectivity index (χ0n) is 12.2. The molecule has 0 fully saturated rings. The first kappa shape index (κ1) is 15.8. The number of alkyl halides is 3. The van der Waals surface area contributed by atoms with Crippen molar-refractivity contribution >= 4 is 34.3 Å². The van der Waals surface area contributed by atoms with Gasteiger partial charge in [0.2, 0.25) is 0 Å². The van der Waals surface area contributed by atoms with E-state index in [0.29, 0.717) is 16.2 Å². The van der Waals surface area contributed by atoms with E-state index in [1.54, 1.807) is 13.1 Å². The molecule has 7 heteroatoms. The summed E-state index contributed by atoms with van der Waals surface area (Å²) in [5.41, 5.74) is -0.745. The van der Waals surface area contributed by atoms with Crippen molar-refractivity contribution in [2.24, 2.45) is 0 Å². The van der Waals surface area contributed by atoms with Crippen molar-refractivity contribution in [3.05, 3.63) is 46.6 Å². The number of pyridine rings is 2. The third-order valence-electron chi connectivity index (χ3n) is 3.66. The average molecular weight is 340 g/mol. The number of fused-ring (bicyclic) bond motifs is 1. The van der Waals surface area contributed by atoms with Crippen LogP contribution in [0.3, 0.4) is 0 Å². The smallest absolute Gasteiger partial charge is 0.314 e. The van der Waals surface area contributed by atoms with Gasteiger partial charge in [-0.3, -0.25) is 0 Å². The lowest BCUT2D eigenvalue weighted by atomic mass is 10.1. The fourth-order valence-electron chi connectivity index (χ4n) is 2.40. The lowest BCUT2D eigenvalue weighted by Crippen LogP contribution is -2.33. The summed E-state index contributed by atoms with van der Waals surface area (Å²) in [4.78, 5) is 9.97. The minimum absolute atomic E-state index is 0.170. The lowest BCUT2D eigenvalue weighted by Gasteiger charge is -2.19. The van der Waals surface area contributed by atoms with Crippen LogP contribution in [-0.4, -0.2) is 17.0 Å². The molecule has 0 N–H and O–H groups in total. The summed E-state index contributed by atoms with van der Waals surface area (Å²) in [5.74, 6) is 0.659. The van der Waals surface area contributed by atoms with Gasteiger partial charge in [-0.2, -0.15) is 13.2 Å². The molecule has 3 rings (SSSR count). The fraction of sp³-hybridized carbons (Fsp3) is 0.250. The van der Waals surface area contributed by atoms with E-state index < -0.39 is 11.7 Å². The first-order chi connectivity index (χ1) is 10.9. The summed E-state index contributed by atoms with van der Waals surface area (Å²) in [7, 11) is 1.62. The van der Waals surface area contributed by atoms with Gasteiger partial charge in [0.05, 0.1) is 10.9 Å². The van der Waals surface area contributed by atoms with Crippen molar-refractivity contribution in [3.8, 4) is 0 Å². The van der Waals surface area contributed by atoms with Gasteiger partial charge in [-0.25, -0.2) is 9.97 Å². The summed E-state index contributed by atoms with van der Waals surface area (Å²) in [6, 6.07) is 5.55. The fourth-order valence-corrected chi connectivity index (χ4v) is 2.66. The van der Waals surface area contributed by atoms with Gasteiger partial charge in [0, 0.05) is 18.3 Å². The Hall–Kier alpha value is -2.08. The average Bonchev–Trinajstić information content (AvgIpc) is 2.54. The highest BCUT2D eigenvalue weighted by atomic mass is 35.5. The van der Waals surface area contributed by atoms with Crippen molar-refractivity contribution in [2.45, 2.75) is 19.0 Å². The minimum atomic E-state index is -4.41. The van der Waals surface area contributed by atoms with Crippen molar-refractivity contribution in [1.29, 1.82) is 0 Å². The summed E-state index contributed by atoms with van der Waals surface area (Å²) in [6.07, 6.45) is 0.350. The van der Waals surface area contributed by atoms with Gasteiger partial charge in [0.25, 0.3) is 0 Å². The highest BCUT2D eigenvalue weighted by molar-refractivity contribution is 6.45. The molecule has 0 amide bonds. The van der Waals surface area contributed by atoms with Crippen molar-refractivity contribution in [1.82, 2.24) is 9.97 Å². The predicted molar refractivity (Wildman–Crippen MR) is 83.7 cm³/mol. The maximum atomic E-state index is 12.8. The molecule has 2 aromatic heterocycles. The summed E-state index contributed by atoms with van der Waals surface area (Å²) in [6.45, 7) is 0. The molecule has 1 aliphatic rings. The maximum Gasteiger partial charge on any atom is 0.416 e.